The van der Waals surface area contributed by atoms with Crippen molar-refractivity contribution in [3.05, 3.63) is 89.0 Å². The number of benzene rings is 4. The monoisotopic (exact) mass is 376 g/mol. The van der Waals surface area contributed by atoms with Gasteiger partial charge in [0, 0.05) is 27.3 Å². The first-order chi connectivity index (χ1) is 14.5. The summed E-state index contributed by atoms with van der Waals surface area (Å²) in [5.74, 6) is 0.350. The Hall–Kier alpha value is -3.39. The molecule has 5 aromatic rings. The molecule has 0 saturated carbocycles. The first kappa shape index (κ1) is 15.5. The highest BCUT2D eigenvalue weighted by molar-refractivity contribution is 6.30. The largest absolute Gasteiger partial charge is 0.455 e. The molecule has 6 rings (SSSR count). The zero-order valence-electron chi connectivity index (χ0n) is 17.7. The van der Waals surface area contributed by atoms with Crippen molar-refractivity contribution in [3.8, 4) is 0 Å². The van der Waals surface area contributed by atoms with Crippen molar-refractivity contribution in [1.82, 2.24) is 0 Å². The van der Waals surface area contributed by atoms with E-state index in [1.165, 1.54) is 16.5 Å². The van der Waals surface area contributed by atoms with Gasteiger partial charge in [-0.2, -0.15) is 0 Å². The normalized spacial score (nSPS) is 13.7. The van der Waals surface area contributed by atoms with Gasteiger partial charge in [0.05, 0.1) is 12.8 Å². The number of furan rings is 1. The van der Waals surface area contributed by atoms with Gasteiger partial charge in [0.15, 0.2) is 0 Å². The minimum Gasteiger partial charge on any atom is -0.455 e. The van der Waals surface area contributed by atoms with E-state index in [2.05, 4.69) is 57.2 Å². The molecule has 1 aromatic heterocycles. The minimum atomic E-state index is 0.350. The molecule has 0 saturated heterocycles. The van der Waals surface area contributed by atoms with Crippen molar-refractivity contribution in [2.24, 2.45) is 4.99 Å². The number of hydrogen-bond donors (Lipinski definition) is 0. The van der Waals surface area contributed by atoms with Gasteiger partial charge in [0.1, 0.15) is 11.2 Å². The molecule has 0 aliphatic carbocycles. The second-order valence-electron chi connectivity index (χ2n) is 8.22. The van der Waals surface area contributed by atoms with E-state index in [0.717, 1.165) is 49.9 Å². The zero-order chi connectivity index (χ0) is 20.6. The molecular weight excluding hydrogens is 354 g/mol. The van der Waals surface area contributed by atoms with Gasteiger partial charge >= 0.3 is 0 Å². The van der Waals surface area contributed by atoms with Crippen molar-refractivity contribution in [3.63, 3.8) is 0 Å². The van der Waals surface area contributed by atoms with Gasteiger partial charge in [0.25, 0.3) is 0 Å². The minimum absolute atomic E-state index is 0.350. The van der Waals surface area contributed by atoms with Crippen LogP contribution in [-0.4, -0.2) is 5.71 Å². The summed E-state index contributed by atoms with van der Waals surface area (Å²) in [7, 11) is 0. The van der Waals surface area contributed by atoms with Gasteiger partial charge in [-0.1, -0.05) is 56.3 Å². The lowest BCUT2D eigenvalue weighted by Gasteiger charge is -2.11. The Kier molecular flexibility index (Phi) is 3.11. The Morgan fingerprint density at radius 2 is 1.72 bits per heavy atom. The van der Waals surface area contributed by atoms with Crippen molar-refractivity contribution >= 4 is 44.1 Å². The summed E-state index contributed by atoms with van der Waals surface area (Å²) >= 11 is 0. The highest BCUT2D eigenvalue weighted by Gasteiger charge is 2.24. The van der Waals surface area contributed by atoms with E-state index in [-0.39, 0.29) is 0 Å². The number of nitrogens with zero attached hydrogens (tertiary/aromatic N) is 1. The third-order valence-electron chi connectivity index (χ3n) is 5.96. The molecule has 29 heavy (non-hydrogen) atoms. The second kappa shape index (κ2) is 5.81. The molecule has 0 spiro atoms. The van der Waals surface area contributed by atoms with E-state index in [0.29, 0.717) is 12.0 Å². The van der Waals surface area contributed by atoms with Crippen molar-refractivity contribution in [2.75, 3.05) is 0 Å². The van der Waals surface area contributed by atoms with E-state index in [1.54, 1.807) is 0 Å². The Bertz CT molecular complexity index is 1540. The fourth-order valence-electron chi connectivity index (χ4n) is 4.63. The van der Waals surface area contributed by atoms with Crippen molar-refractivity contribution in [2.45, 2.75) is 26.7 Å². The fourth-order valence-corrected chi connectivity index (χ4v) is 4.63. The predicted octanol–water partition coefficient (Wildman–Crippen LogP) is 7.65. The average Bonchev–Trinajstić information content (AvgIpc) is 3.30. The highest BCUT2D eigenvalue weighted by Crippen LogP contribution is 2.42. The third-order valence-corrected chi connectivity index (χ3v) is 5.96. The van der Waals surface area contributed by atoms with E-state index in [1.807, 2.05) is 24.3 Å². The maximum absolute atomic E-state index is 8.64. The van der Waals surface area contributed by atoms with Crippen LogP contribution < -0.4 is 0 Å². The number of rotatable bonds is 2. The molecule has 4 aromatic carbocycles. The first-order valence-corrected chi connectivity index (χ1v) is 10.1. The lowest BCUT2D eigenvalue weighted by atomic mass is 9.91. The van der Waals surface area contributed by atoms with Gasteiger partial charge in [-0.3, -0.25) is 0 Å². The van der Waals surface area contributed by atoms with Gasteiger partial charge < -0.3 is 4.42 Å². The van der Waals surface area contributed by atoms with Gasteiger partial charge in [-0.05, 0) is 53.6 Å². The third kappa shape index (κ3) is 2.26. The molecule has 2 heteroatoms. The number of aliphatic imine (C=N–C) groups is 1. The molecule has 0 atom stereocenters. The molecule has 0 bridgehead atoms. The maximum Gasteiger partial charge on any atom is 0.144 e. The molecule has 0 fully saturated rings. The van der Waals surface area contributed by atoms with E-state index < -0.39 is 0 Å². The Morgan fingerprint density at radius 1 is 0.897 bits per heavy atom. The molecule has 2 nitrogen and oxygen atoms in total. The molecule has 0 radical (unpaired) electrons. The molecule has 140 valence electrons. The molecule has 0 unspecified atom stereocenters. The molecule has 0 N–H and O–H groups in total. The van der Waals surface area contributed by atoms with Crippen LogP contribution in [0.5, 0.6) is 0 Å². The Morgan fingerprint density at radius 3 is 2.59 bits per heavy atom. The summed E-state index contributed by atoms with van der Waals surface area (Å²) in [5, 5.41) is 4.52. The van der Waals surface area contributed by atoms with Crippen molar-refractivity contribution in [1.29, 1.82) is 0 Å². The van der Waals surface area contributed by atoms with E-state index >= 15 is 0 Å². The van der Waals surface area contributed by atoms with Crippen LogP contribution in [0.3, 0.4) is 0 Å². The van der Waals surface area contributed by atoms with E-state index in [9.17, 15) is 0 Å². The van der Waals surface area contributed by atoms with Crippen LogP contribution >= 0.6 is 0 Å². The first-order valence-electron chi connectivity index (χ1n) is 10.6. The number of para-hydroxylation sites is 1. The van der Waals surface area contributed by atoms with Crippen molar-refractivity contribution < 1.29 is 5.79 Å². The van der Waals surface area contributed by atoms with Gasteiger partial charge in [-0.25, -0.2) is 4.99 Å². The summed E-state index contributed by atoms with van der Waals surface area (Å²) in [5.41, 5.74) is 7.88. The Balaban J connectivity index is 1.70. The summed E-state index contributed by atoms with van der Waals surface area (Å²) in [6.07, 6.45) is 0. The summed E-state index contributed by atoms with van der Waals surface area (Å²) in [6, 6.07) is 21.3. The Labute approximate surface area is 170 Å². The van der Waals surface area contributed by atoms with Crippen LogP contribution in [0.1, 0.15) is 43.4 Å². The number of fused-ring (bicyclic) bond motifs is 3. The fraction of sp³-hybridized carbons (Fsp3) is 0.148. The molecule has 0 amide bonds. The number of hydrogen-bond acceptors (Lipinski definition) is 2. The van der Waals surface area contributed by atoms with Crippen LogP contribution in [0, 0.1) is 6.92 Å². The predicted molar refractivity (Wildman–Crippen MR) is 122 cm³/mol. The topological polar surface area (TPSA) is 25.5 Å². The smallest absolute Gasteiger partial charge is 0.144 e. The quantitative estimate of drug-likeness (QED) is 0.305. The van der Waals surface area contributed by atoms with Gasteiger partial charge in [0.2, 0.25) is 0 Å². The zero-order valence-corrected chi connectivity index (χ0v) is 16.7. The molecule has 2 heterocycles. The lowest BCUT2D eigenvalue weighted by molar-refractivity contribution is 0.668. The van der Waals surface area contributed by atoms with Crippen LogP contribution in [-0.2, 0) is 0 Å². The van der Waals surface area contributed by atoms with Crippen LogP contribution in [0.4, 0.5) is 5.69 Å². The van der Waals surface area contributed by atoms with Crippen LogP contribution in [0.15, 0.2) is 76.1 Å². The maximum atomic E-state index is 8.64. The number of aryl methyl sites for hydroxylation is 1. The van der Waals surface area contributed by atoms with Crippen LogP contribution in [0.25, 0.3) is 32.7 Å². The molecule has 1 aliphatic heterocycles. The summed E-state index contributed by atoms with van der Waals surface area (Å²) in [6.45, 7) is 6.47. The molecule has 1 aliphatic rings. The lowest BCUT2D eigenvalue weighted by Crippen LogP contribution is -2.01. The average molecular weight is 376 g/mol. The summed E-state index contributed by atoms with van der Waals surface area (Å²) < 4.78 is 14.9. The summed E-state index contributed by atoms with van der Waals surface area (Å²) in [4.78, 5) is 5.00. The standard InChI is InChI=1S/C27H21NO/c1-15(2)17-11-12-23-25-19(17)8-6-9-20(25)26(28-23)22-14-16(3)13-21-18-7-4-5-10-24(18)29-27(21)22/h4-15H,1-3H3/i12D. The molecular formula is C27H21NO. The van der Waals surface area contributed by atoms with Crippen LogP contribution in [0.2, 0.25) is 0 Å². The second-order valence-corrected chi connectivity index (χ2v) is 8.22. The van der Waals surface area contributed by atoms with Gasteiger partial charge in [-0.15, -0.1) is 0 Å². The van der Waals surface area contributed by atoms with E-state index in [4.69, 9.17) is 10.8 Å². The SMILES string of the molecule is [2H]c1cc(C(C)C)c2cccc3c2c1N=C3c1cc(C)cc2c1oc1ccccc12. The highest BCUT2D eigenvalue weighted by atomic mass is 16.3.